The molecule has 0 unspecified atom stereocenters. The van der Waals surface area contributed by atoms with Gasteiger partial charge in [0.2, 0.25) is 0 Å². The smallest absolute Gasteiger partial charge is 0.336 e. The lowest BCUT2D eigenvalue weighted by molar-refractivity contribution is -0.118. The predicted octanol–water partition coefficient (Wildman–Crippen LogP) is 3.65. The third-order valence-corrected chi connectivity index (χ3v) is 3.75. The quantitative estimate of drug-likeness (QED) is 0.706. The molecule has 0 fully saturated rings. The highest BCUT2D eigenvalue weighted by Crippen LogP contribution is 2.23. The van der Waals surface area contributed by atoms with E-state index in [4.69, 9.17) is 9.15 Å². The highest BCUT2D eigenvalue weighted by Gasteiger charge is 2.10. The van der Waals surface area contributed by atoms with Gasteiger partial charge in [-0.05, 0) is 36.2 Å². The molecular weight excluding hydrogens is 344 g/mol. The van der Waals surface area contributed by atoms with Gasteiger partial charge in [-0.25, -0.2) is 13.6 Å². The van der Waals surface area contributed by atoms with Crippen LogP contribution in [0, 0.1) is 11.6 Å². The number of benzene rings is 2. The molecule has 0 spiro atoms. The minimum Gasteiger partial charge on any atom is -0.484 e. The van der Waals surface area contributed by atoms with E-state index in [1.165, 1.54) is 12.1 Å². The monoisotopic (exact) mass is 359 g/mol. The normalized spacial score (nSPS) is 10.7. The van der Waals surface area contributed by atoms with Crippen LogP contribution < -0.4 is 15.7 Å². The zero-order valence-corrected chi connectivity index (χ0v) is 13.8. The summed E-state index contributed by atoms with van der Waals surface area (Å²) in [6.45, 7) is 1.51. The molecule has 0 saturated carbocycles. The van der Waals surface area contributed by atoms with Crippen LogP contribution in [-0.4, -0.2) is 12.5 Å². The summed E-state index contributed by atoms with van der Waals surface area (Å²) in [6.07, 6.45) is 0.671. The van der Waals surface area contributed by atoms with Crippen molar-refractivity contribution < 1.29 is 22.7 Å². The molecule has 3 aromatic rings. The number of amides is 1. The predicted molar refractivity (Wildman–Crippen MR) is 92.3 cm³/mol. The molecule has 0 aliphatic heterocycles. The summed E-state index contributed by atoms with van der Waals surface area (Å²) in [7, 11) is 0. The van der Waals surface area contributed by atoms with Crippen LogP contribution in [0.5, 0.6) is 5.75 Å². The van der Waals surface area contributed by atoms with Crippen LogP contribution in [-0.2, 0) is 11.2 Å². The number of carbonyl (C=O) groups excluding carboxylic acids is 1. The van der Waals surface area contributed by atoms with E-state index in [0.717, 1.165) is 29.1 Å². The molecule has 1 aromatic heterocycles. The minimum atomic E-state index is -0.751. The fourth-order valence-corrected chi connectivity index (χ4v) is 2.52. The molecule has 0 atom stereocenters. The molecule has 0 radical (unpaired) electrons. The van der Waals surface area contributed by atoms with Crippen molar-refractivity contribution in [1.29, 1.82) is 0 Å². The molecule has 3 rings (SSSR count). The molecule has 0 aliphatic carbocycles. The van der Waals surface area contributed by atoms with Gasteiger partial charge < -0.3 is 14.5 Å². The van der Waals surface area contributed by atoms with E-state index < -0.39 is 29.8 Å². The summed E-state index contributed by atoms with van der Waals surface area (Å²) in [5.41, 5.74) is 0.465. The van der Waals surface area contributed by atoms with Crippen LogP contribution in [0.4, 0.5) is 14.5 Å². The second kappa shape index (κ2) is 7.35. The minimum absolute atomic E-state index is 0.268. The summed E-state index contributed by atoms with van der Waals surface area (Å²) >= 11 is 0. The number of carbonyl (C=O) groups is 1. The molecule has 26 heavy (non-hydrogen) atoms. The first-order valence-corrected chi connectivity index (χ1v) is 7.90. The van der Waals surface area contributed by atoms with E-state index >= 15 is 0 Å². The maximum Gasteiger partial charge on any atom is 0.336 e. The second-order valence-electron chi connectivity index (χ2n) is 5.56. The first kappa shape index (κ1) is 17.6. The standard InChI is InChI=1S/C19H15F2NO4/c1-2-11-7-19(24)26-17-9-13(4-5-14(11)17)25-10-18(23)22-16-8-12(20)3-6-15(16)21/h3-9H,2,10H2,1H3,(H,22,23). The van der Waals surface area contributed by atoms with Crippen molar-refractivity contribution in [2.75, 3.05) is 11.9 Å². The Hall–Kier alpha value is -3.22. The Labute approximate surface area is 147 Å². The van der Waals surface area contributed by atoms with Gasteiger partial charge in [-0.1, -0.05) is 6.92 Å². The van der Waals surface area contributed by atoms with Crippen molar-refractivity contribution in [1.82, 2.24) is 0 Å². The van der Waals surface area contributed by atoms with Gasteiger partial charge >= 0.3 is 5.63 Å². The van der Waals surface area contributed by atoms with Crippen molar-refractivity contribution in [2.24, 2.45) is 0 Å². The Morgan fingerprint density at radius 2 is 1.96 bits per heavy atom. The van der Waals surface area contributed by atoms with Crippen LogP contribution in [0.3, 0.4) is 0 Å². The molecule has 1 amide bonds. The molecule has 0 aliphatic rings. The first-order valence-electron chi connectivity index (χ1n) is 7.90. The third-order valence-electron chi connectivity index (χ3n) is 3.75. The Bertz CT molecular complexity index is 1030. The number of rotatable bonds is 5. The lowest BCUT2D eigenvalue weighted by atomic mass is 10.1. The van der Waals surface area contributed by atoms with Crippen LogP contribution in [0.1, 0.15) is 12.5 Å². The molecule has 2 aromatic carbocycles. The van der Waals surface area contributed by atoms with Gasteiger partial charge in [-0.2, -0.15) is 0 Å². The topological polar surface area (TPSA) is 68.5 Å². The van der Waals surface area contributed by atoms with Crippen molar-refractivity contribution in [3.8, 4) is 5.75 Å². The number of halogens is 2. The van der Waals surface area contributed by atoms with Crippen molar-refractivity contribution in [3.05, 3.63) is 70.1 Å². The lowest BCUT2D eigenvalue weighted by Crippen LogP contribution is -2.20. The molecule has 0 saturated heterocycles. The molecule has 1 N–H and O–H groups in total. The van der Waals surface area contributed by atoms with Gasteiger partial charge in [0, 0.05) is 23.6 Å². The highest BCUT2D eigenvalue weighted by atomic mass is 19.1. The summed E-state index contributed by atoms with van der Waals surface area (Å²) in [5.74, 6) is -1.76. The van der Waals surface area contributed by atoms with Gasteiger partial charge in [0.15, 0.2) is 6.61 Å². The van der Waals surface area contributed by atoms with E-state index in [9.17, 15) is 18.4 Å². The molecule has 5 nitrogen and oxygen atoms in total. The van der Waals surface area contributed by atoms with E-state index in [2.05, 4.69) is 5.32 Å². The summed E-state index contributed by atoms with van der Waals surface area (Å²) in [5, 5.41) is 3.02. The first-order chi connectivity index (χ1) is 12.5. The average molecular weight is 359 g/mol. The van der Waals surface area contributed by atoms with Gasteiger partial charge in [0.25, 0.3) is 5.91 Å². The Balaban J connectivity index is 1.72. The number of nitrogens with one attached hydrogen (secondary N) is 1. The number of hydrogen-bond donors (Lipinski definition) is 1. The van der Waals surface area contributed by atoms with Crippen molar-refractivity contribution in [3.63, 3.8) is 0 Å². The molecule has 134 valence electrons. The molecule has 1 heterocycles. The third kappa shape index (κ3) is 3.88. The molecule has 0 bridgehead atoms. The number of fused-ring (bicyclic) bond motifs is 1. The number of aryl methyl sites for hydroxylation is 1. The Kier molecular flexibility index (Phi) is 4.97. The number of anilines is 1. The van der Waals surface area contributed by atoms with E-state index in [0.29, 0.717) is 17.8 Å². The van der Waals surface area contributed by atoms with Crippen molar-refractivity contribution >= 4 is 22.6 Å². The summed E-state index contributed by atoms with van der Waals surface area (Å²) < 4.78 is 37.1. The average Bonchev–Trinajstić information content (AvgIpc) is 2.62. The SMILES string of the molecule is CCc1cc(=O)oc2cc(OCC(=O)Nc3cc(F)ccc3F)ccc12. The highest BCUT2D eigenvalue weighted by molar-refractivity contribution is 5.92. The van der Waals surface area contributed by atoms with Crippen LogP contribution in [0.2, 0.25) is 0 Å². The zero-order valence-electron chi connectivity index (χ0n) is 13.8. The lowest BCUT2D eigenvalue weighted by Gasteiger charge is -2.09. The Morgan fingerprint density at radius 1 is 1.15 bits per heavy atom. The van der Waals surface area contributed by atoms with Gasteiger partial charge in [-0.15, -0.1) is 0 Å². The second-order valence-corrected chi connectivity index (χ2v) is 5.56. The van der Waals surface area contributed by atoms with E-state index in [1.807, 2.05) is 6.92 Å². The summed E-state index contributed by atoms with van der Waals surface area (Å²) in [4.78, 5) is 23.4. The Morgan fingerprint density at radius 3 is 2.73 bits per heavy atom. The van der Waals surface area contributed by atoms with Crippen LogP contribution in [0.15, 0.2) is 51.7 Å². The molecular formula is C19H15F2NO4. The number of hydrogen-bond acceptors (Lipinski definition) is 4. The maximum absolute atomic E-state index is 13.5. The van der Waals surface area contributed by atoms with E-state index in [-0.39, 0.29) is 5.69 Å². The fraction of sp³-hybridized carbons (Fsp3) is 0.158. The van der Waals surface area contributed by atoms with E-state index in [1.54, 1.807) is 12.1 Å². The largest absolute Gasteiger partial charge is 0.484 e. The molecule has 7 heteroatoms. The fourth-order valence-electron chi connectivity index (χ4n) is 2.52. The van der Waals surface area contributed by atoms with Gasteiger partial charge in [0.1, 0.15) is 23.0 Å². The number of ether oxygens (including phenoxy) is 1. The maximum atomic E-state index is 13.5. The zero-order chi connectivity index (χ0) is 18.7. The summed E-state index contributed by atoms with van der Waals surface area (Å²) in [6, 6.07) is 9.06. The van der Waals surface area contributed by atoms with Crippen LogP contribution >= 0.6 is 0 Å². The van der Waals surface area contributed by atoms with Crippen LogP contribution in [0.25, 0.3) is 11.0 Å². The van der Waals surface area contributed by atoms with Gasteiger partial charge in [-0.3, -0.25) is 4.79 Å². The van der Waals surface area contributed by atoms with Gasteiger partial charge in [0.05, 0.1) is 5.69 Å². The van der Waals surface area contributed by atoms with Crippen molar-refractivity contribution in [2.45, 2.75) is 13.3 Å².